The van der Waals surface area contributed by atoms with Crippen molar-refractivity contribution in [2.24, 2.45) is 5.73 Å². The number of carbonyl (C=O) groups is 1. The summed E-state index contributed by atoms with van der Waals surface area (Å²) < 4.78 is 1.32. The Hall–Kier alpha value is -4.08. The molecular formula is C23H17N5O. The predicted molar refractivity (Wildman–Crippen MR) is 109 cm³/mol. The summed E-state index contributed by atoms with van der Waals surface area (Å²) in [7, 11) is 0. The number of aromatic nitrogens is 3. The normalized spacial score (nSPS) is 11.6. The average molecular weight is 379 g/mol. The molecule has 0 fully saturated rings. The van der Waals surface area contributed by atoms with Gasteiger partial charge in [0.1, 0.15) is 0 Å². The summed E-state index contributed by atoms with van der Waals surface area (Å²) in [5, 5.41) is 14.0. The number of carbonyl (C=O) groups excluding carboxylic acids is 1. The third-order valence-corrected chi connectivity index (χ3v) is 4.64. The molecule has 0 aliphatic carbocycles. The van der Waals surface area contributed by atoms with Gasteiger partial charge in [0, 0.05) is 23.5 Å². The maximum Gasteiger partial charge on any atom is 0.278 e. The monoisotopic (exact) mass is 379 g/mol. The van der Waals surface area contributed by atoms with Crippen LogP contribution in [-0.4, -0.2) is 20.7 Å². The molecule has 1 unspecified atom stereocenters. The van der Waals surface area contributed by atoms with E-state index in [-0.39, 0.29) is 5.91 Å². The number of nitriles is 1. The lowest BCUT2D eigenvalue weighted by Gasteiger charge is -2.15. The van der Waals surface area contributed by atoms with Crippen LogP contribution in [0, 0.1) is 11.3 Å². The van der Waals surface area contributed by atoms with Crippen LogP contribution in [0.5, 0.6) is 0 Å². The first-order valence-corrected chi connectivity index (χ1v) is 9.04. The van der Waals surface area contributed by atoms with E-state index in [4.69, 9.17) is 5.73 Å². The molecule has 140 valence electrons. The summed E-state index contributed by atoms with van der Waals surface area (Å²) in [5.41, 5.74) is 9.97. The van der Waals surface area contributed by atoms with Gasteiger partial charge in [-0.2, -0.15) is 15.0 Å². The average Bonchev–Trinajstić information content (AvgIpc) is 3.24. The smallest absolute Gasteiger partial charge is 0.278 e. The van der Waals surface area contributed by atoms with Crippen LogP contribution in [-0.2, 0) is 0 Å². The molecule has 2 aromatic heterocycles. The standard InChI is InChI=1S/C23H17N5O/c24-14-17-9-4-5-11-19(17)22(25)21-13-20(18-10-6-12-26-15-18)27-28(21)23(29)16-7-2-1-3-8-16/h1-13,15,22H,25H2. The van der Waals surface area contributed by atoms with Gasteiger partial charge < -0.3 is 5.73 Å². The van der Waals surface area contributed by atoms with Crippen molar-refractivity contribution in [1.29, 1.82) is 5.26 Å². The van der Waals surface area contributed by atoms with Crippen molar-refractivity contribution in [3.63, 3.8) is 0 Å². The molecule has 29 heavy (non-hydrogen) atoms. The van der Waals surface area contributed by atoms with Crippen molar-refractivity contribution >= 4 is 5.91 Å². The largest absolute Gasteiger partial charge is 0.319 e. The minimum atomic E-state index is -0.698. The summed E-state index contributed by atoms with van der Waals surface area (Å²) in [4.78, 5) is 17.3. The van der Waals surface area contributed by atoms with Crippen LogP contribution in [0.3, 0.4) is 0 Å². The molecule has 0 spiro atoms. The molecule has 0 amide bonds. The second-order valence-electron chi connectivity index (χ2n) is 6.46. The van der Waals surface area contributed by atoms with Gasteiger partial charge in [-0.3, -0.25) is 9.78 Å². The lowest BCUT2D eigenvalue weighted by molar-refractivity contribution is 0.0941. The van der Waals surface area contributed by atoms with E-state index in [1.165, 1.54) is 4.68 Å². The molecule has 6 nitrogen and oxygen atoms in total. The van der Waals surface area contributed by atoms with E-state index in [2.05, 4.69) is 16.2 Å². The van der Waals surface area contributed by atoms with Crippen LogP contribution in [0.15, 0.2) is 85.2 Å². The van der Waals surface area contributed by atoms with Gasteiger partial charge >= 0.3 is 0 Å². The minimum Gasteiger partial charge on any atom is -0.319 e. The molecule has 0 saturated heterocycles. The van der Waals surface area contributed by atoms with E-state index >= 15 is 0 Å². The lowest BCUT2D eigenvalue weighted by Crippen LogP contribution is -2.23. The summed E-state index contributed by atoms with van der Waals surface area (Å²) in [6, 6.07) is 22.9. The molecule has 2 N–H and O–H groups in total. The second-order valence-corrected chi connectivity index (χ2v) is 6.46. The maximum absolute atomic E-state index is 13.2. The molecule has 0 aliphatic rings. The van der Waals surface area contributed by atoms with Gasteiger partial charge in [0.05, 0.1) is 29.1 Å². The molecule has 0 bridgehead atoms. The summed E-state index contributed by atoms with van der Waals surface area (Å²) in [6.45, 7) is 0. The Labute approximate surface area is 167 Å². The Bertz CT molecular complexity index is 1190. The predicted octanol–water partition coefficient (Wildman–Crippen LogP) is 3.55. The molecule has 4 aromatic rings. The fourth-order valence-corrected chi connectivity index (χ4v) is 3.17. The van der Waals surface area contributed by atoms with Crippen molar-refractivity contribution in [3.05, 3.63) is 108 Å². The van der Waals surface area contributed by atoms with E-state index in [1.54, 1.807) is 67.0 Å². The zero-order chi connectivity index (χ0) is 20.2. The Morgan fingerprint density at radius 1 is 1.03 bits per heavy atom. The lowest BCUT2D eigenvalue weighted by atomic mass is 9.98. The highest BCUT2D eigenvalue weighted by atomic mass is 16.2. The first-order chi connectivity index (χ1) is 14.2. The van der Waals surface area contributed by atoms with Crippen LogP contribution in [0.2, 0.25) is 0 Å². The number of nitrogens with zero attached hydrogens (tertiary/aromatic N) is 4. The van der Waals surface area contributed by atoms with Crippen molar-refractivity contribution in [3.8, 4) is 17.3 Å². The number of pyridine rings is 1. The van der Waals surface area contributed by atoms with E-state index in [0.29, 0.717) is 28.1 Å². The highest BCUT2D eigenvalue weighted by Gasteiger charge is 2.23. The number of hydrogen-bond donors (Lipinski definition) is 1. The van der Waals surface area contributed by atoms with E-state index in [1.807, 2.05) is 18.2 Å². The molecule has 2 heterocycles. The van der Waals surface area contributed by atoms with Crippen LogP contribution in [0.4, 0.5) is 0 Å². The highest BCUT2D eigenvalue weighted by Crippen LogP contribution is 2.27. The fraction of sp³-hybridized carbons (Fsp3) is 0.0435. The Balaban J connectivity index is 1.86. The van der Waals surface area contributed by atoms with Crippen molar-refractivity contribution in [2.45, 2.75) is 6.04 Å². The van der Waals surface area contributed by atoms with Gasteiger partial charge in [-0.25, -0.2) is 0 Å². The van der Waals surface area contributed by atoms with Gasteiger partial charge in [0.2, 0.25) is 0 Å². The molecule has 0 radical (unpaired) electrons. The maximum atomic E-state index is 13.2. The summed E-state index contributed by atoms with van der Waals surface area (Å²) in [5.74, 6) is -0.291. The quantitative estimate of drug-likeness (QED) is 0.585. The fourth-order valence-electron chi connectivity index (χ4n) is 3.17. The highest BCUT2D eigenvalue weighted by molar-refractivity contribution is 5.96. The second kappa shape index (κ2) is 7.89. The first kappa shape index (κ1) is 18.3. The van der Waals surface area contributed by atoms with Crippen molar-refractivity contribution in [1.82, 2.24) is 14.8 Å². The van der Waals surface area contributed by atoms with Crippen LogP contribution < -0.4 is 5.73 Å². The third-order valence-electron chi connectivity index (χ3n) is 4.64. The van der Waals surface area contributed by atoms with E-state index in [9.17, 15) is 10.1 Å². The Morgan fingerprint density at radius 3 is 2.52 bits per heavy atom. The van der Waals surface area contributed by atoms with Crippen LogP contribution >= 0.6 is 0 Å². The van der Waals surface area contributed by atoms with Crippen LogP contribution in [0.1, 0.15) is 33.2 Å². The van der Waals surface area contributed by atoms with Gasteiger partial charge in [-0.1, -0.05) is 36.4 Å². The topological polar surface area (TPSA) is 97.6 Å². The Morgan fingerprint density at radius 2 is 1.79 bits per heavy atom. The molecule has 4 rings (SSSR count). The van der Waals surface area contributed by atoms with E-state index < -0.39 is 6.04 Å². The zero-order valence-corrected chi connectivity index (χ0v) is 15.4. The SMILES string of the molecule is N#Cc1ccccc1C(N)c1cc(-c2cccnc2)nn1C(=O)c1ccccc1. The molecule has 1 atom stereocenters. The van der Waals surface area contributed by atoms with Gasteiger partial charge in [-0.15, -0.1) is 0 Å². The number of hydrogen-bond acceptors (Lipinski definition) is 5. The van der Waals surface area contributed by atoms with Gasteiger partial charge in [0.25, 0.3) is 5.91 Å². The van der Waals surface area contributed by atoms with Crippen LogP contribution in [0.25, 0.3) is 11.3 Å². The number of rotatable bonds is 4. The van der Waals surface area contributed by atoms with Crippen molar-refractivity contribution < 1.29 is 4.79 Å². The van der Waals surface area contributed by atoms with E-state index in [0.717, 1.165) is 5.56 Å². The van der Waals surface area contributed by atoms with Crippen molar-refractivity contribution in [2.75, 3.05) is 0 Å². The molecule has 2 aromatic carbocycles. The number of benzene rings is 2. The van der Waals surface area contributed by atoms with Gasteiger partial charge in [-0.05, 0) is 42.0 Å². The molecule has 0 aliphatic heterocycles. The molecular weight excluding hydrogens is 362 g/mol. The zero-order valence-electron chi connectivity index (χ0n) is 15.4. The summed E-state index contributed by atoms with van der Waals surface area (Å²) >= 11 is 0. The number of nitrogens with two attached hydrogens (primary N) is 1. The molecule has 6 heteroatoms. The third kappa shape index (κ3) is 3.55. The Kier molecular flexibility index (Phi) is 4.97. The minimum absolute atomic E-state index is 0.291. The van der Waals surface area contributed by atoms with Gasteiger partial charge in [0.15, 0.2) is 0 Å². The summed E-state index contributed by atoms with van der Waals surface area (Å²) in [6.07, 6.45) is 3.35. The first-order valence-electron chi connectivity index (χ1n) is 9.04. The molecule has 0 saturated carbocycles.